The first-order valence-corrected chi connectivity index (χ1v) is 3.62. The number of carbonyl (C=O) groups is 2. The zero-order chi connectivity index (χ0) is 9.84. The second-order valence-corrected chi connectivity index (χ2v) is 2.40. The van der Waals surface area contributed by atoms with Crippen molar-refractivity contribution < 1.29 is 61.4 Å². The van der Waals surface area contributed by atoms with Gasteiger partial charge in [-0.2, -0.15) is 0 Å². The Labute approximate surface area is 116 Å². The summed E-state index contributed by atoms with van der Waals surface area (Å²) in [7, 11) is 0. The Kier molecular flexibility index (Phi) is 11.9. The predicted molar refractivity (Wildman–Crippen MR) is 52.5 cm³/mol. The average Bonchev–Trinajstić information content (AvgIpc) is 2.03. The summed E-state index contributed by atoms with van der Waals surface area (Å²) < 4.78 is 4.28. The molecule has 0 bridgehead atoms. The standard InChI is InChI=1S/C9H8O4.Na.2H2O.H/c1-6(10)13-9(12)7-4-2-3-5-8(7)11;;;;/h2-5,11H,1H3;;2*1H2;/q;+1;;;-1. The molecule has 0 radical (unpaired) electrons. The number of phenols is 1. The molecule has 1 rings (SSSR count). The summed E-state index contributed by atoms with van der Waals surface area (Å²) in [4.78, 5) is 21.5. The van der Waals surface area contributed by atoms with Crippen molar-refractivity contribution in [2.24, 2.45) is 0 Å². The maximum absolute atomic E-state index is 11.1. The van der Waals surface area contributed by atoms with E-state index in [1.54, 1.807) is 12.1 Å². The van der Waals surface area contributed by atoms with Crippen molar-refractivity contribution in [2.75, 3.05) is 0 Å². The van der Waals surface area contributed by atoms with E-state index in [9.17, 15) is 14.7 Å². The maximum Gasteiger partial charge on any atom is 1.00 e. The van der Waals surface area contributed by atoms with Crippen molar-refractivity contribution in [2.45, 2.75) is 6.92 Å². The van der Waals surface area contributed by atoms with Crippen molar-refractivity contribution >= 4 is 11.9 Å². The molecule has 0 fully saturated rings. The van der Waals surface area contributed by atoms with E-state index in [0.29, 0.717) is 0 Å². The van der Waals surface area contributed by atoms with E-state index in [1.807, 2.05) is 0 Å². The first-order chi connectivity index (χ1) is 6.11. The van der Waals surface area contributed by atoms with Crippen LogP contribution in [-0.4, -0.2) is 28.0 Å². The van der Waals surface area contributed by atoms with Gasteiger partial charge in [0.1, 0.15) is 11.3 Å². The van der Waals surface area contributed by atoms with Gasteiger partial charge in [-0.05, 0) is 12.1 Å². The molecule has 0 saturated carbocycles. The summed E-state index contributed by atoms with van der Waals surface area (Å²) in [5.74, 6) is -1.74. The molecule has 7 heteroatoms. The summed E-state index contributed by atoms with van der Waals surface area (Å²) in [6, 6.07) is 5.85. The van der Waals surface area contributed by atoms with Crippen molar-refractivity contribution in [1.82, 2.24) is 0 Å². The Morgan fingerprint density at radius 2 is 1.75 bits per heavy atom. The molecule has 0 amide bonds. The second-order valence-electron chi connectivity index (χ2n) is 2.40. The first-order valence-electron chi connectivity index (χ1n) is 3.62. The fourth-order valence-corrected chi connectivity index (χ4v) is 0.832. The van der Waals surface area contributed by atoms with Crippen LogP contribution in [-0.2, 0) is 9.53 Å². The van der Waals surface area contributed by atoms with Gasteiger partial charge in [-0.25, -0.2) is 4.79 Å². The molecule has 0 unspecified atom stereocenters. The molecule has 0 atom stereocenters. The van der Waals surface area contributed by atoms with E-state index in [2.05, 4.69) is 4.74 Å². The van der Waals surface area contributed by atoms with Crippen molar-refractivity contribution in [3.63, 3.8) is 0 Å². The minimum Gasteiger partial charge on any atom is -1.00 e. The van der Waals surface area contributed by atoms with Crippen LogP contribution in [0.5, 0.6) is 5.75 Å². The molecule has 0 saturated heterocycles. The van der Waals surface area contributed by atoms with E-state index in [1.165, 1.54) is 12.1 Å². The molecule has 0 aromatic heterocycles. The smallest absolute Gasteiger partial charge is 1.00 e. The Morgan fingerprint density at radius 1 is 1.25 bits per heavy atom. The molecular weight excluding hydrogens is 227 g/mol. The first kappa shape index (κ1) is 20.5. The largest absolute Gasteiger partial charge is 1.00 e. The van der Waals surface area contributed by atoms with E-state index in [0.717, 1.165) is 6.92 Å². The topological polar surface area (TPSA) is 127 Å². The molecule has 1 aromatic rings. The van der Waals surface area contributed by atoms with Crippen LogP contribution in [0.25, 0.3) is 0 Å². The molecule has 0 aliphatic rings. The summed E-state index contributed by atoms with van der Waals surface area (Å²) in [6.07, 6.45) is 0. The summed E-state index contributed by atoms with van der Waals surface area (Å²) in [5, 5.41) is 9.18. The van der Waals surface area contributed by atoms with Crippen molar-refractivity contribution in [3.8, 4) is 5.75 Å². The zero-order valence-corrected chi connectivity index (χ0v) is 11.0. The maximum atomic E-state index is 11.1. The molecule has 0 aliphatic heterocycles. The zero-order valence-electron chi connectivity index (χ0n) is 9.98. The predicted octanol–water partition coefficient (Wildman–Crippen LogP) is -3.44. The molecule has 86 valence electrons. The number of rotatable bonds is 1. The SMILES string of the molecule is CC(=O)OC(=O)c1ccccc1O.O.O.[H-].[Na+]. The van der Waals surface area contributed by atoms with Gasteiger partial charge in [-0.15, -0.1) is 0 Å². The van der Waals surface area contributed by atoms with Crippen LogP contribution in [0, 0.1) is 0 Å². The number of esters is 2. The van der Waals surface area contributed by atoms with E-state index < -0.39 is 11.9 Å². The average molecular weight is 240 g/mol. The Morgan fingerprint density at radius 3 is 2.19 bits per heavy atom. The third-order valence-electron chi connectivity index (χ3n) is 1.36. The van der Waals surface area contributed by atoms with Crippen LogP contribution in [0.3, 0.4) is 0 Å². The minimum absolute atomic E-state index is 0. The second kappa shape index (κ2) is 9.32. The molecule has 0 spiro atoms. The number of benzene rings is 1. The Bertz CT molecular complexity index is 357. The number of phenolic OH excluding ortho intramolecular Hbond substituents is 1. The van der Waals surface area contributed by atoms with Gasteiger partial charge in [-0.1, -0.05) is 12.1 Å². The molecule has 0 aliphatic carbocycles. The fourth-order valence-electron chi connectivity index (χ4n) is 0.832. The number of hydrogen-bond acceptors (Lipinski definition) is 4. The van der Waals surface area contributed by atoms with Gasteiger partial charge in [0.25, 0.3) is 0 Å². The van der Waals surface area contributed by atoms with E-state index in [-0.39, 0.29) is 53.2 Å². The number of para-hydroxylation sites is 1. The molecule has 6 nitrogen and oxygen atoms in total. The summed E-state index contributed by atoms with van der Waals surface area (Å²) in [5.41, 5.74) is -0.0160. The number of carbonyl (C=O) groups excluding carboxylic acids is 2. The molecule has 0 heterocycles. The van der Waals surface area contributed by atoms with Crippen molar-refractivity contribution in [1.29, 1.82) is 0 Å². The van der Waals surface area contributed by atoms with E-state index >= 15 is 0 Å². The molecule has 5 N–H and O–H groups in total. The van der Waals surface area contributed by atoms with Gasteiger partial charge in [0.05, 0.1) is 0 Å². The quantitative estimate of drug-likeness (QED) is 0.311. The van der Waals surface area contributed by atoms with Crippen LogP contribution >= 0.6 is 0 Å². The third kappa shape index (κ3) is 5.84. The molecular formula is C9H13NaO6. The normalized spacial score (nSPS) is 7.56. The number of hydrogen-bond donors (Lipinski definition) is 1. The minimum atomic E-state index is -0.842. The van der Waals surface area contributed by atoms with E-state index in [4.69, 9.17) is 0 Å². The van der Waals surface area contributed by atoms with Crippen LogP contribution in [0.15, 0.2) is 24.3 Å². The Balaban J connectivity index is -0.000000211. The Hall–Kier alpha value is -0.920. The summed E-state index contributed by atoms with van der Waals surface area (Å²) >= 11 is 0. The van der Waals surface area contributed by atoms with Gasteiger partial charge in [0, 0.05) is 6.92 Å². The number of ether oxygens (including phenoxy) is 1. The third-order valence-corrected chi connectivity index (χ3v) is 1.36. The van der Waals surface area contributed by atoms with Gasteiger partial charge >= 0.3 is 41.5 Å². The molecule has 1 aromatic carbocycles. The van der Waals surface area contributed by atoms with Gasteiger partial charge < -0.3 is 22.2 Å². The van der Waals surface area contributed by atoms with Crippen LogP contribution in [0.1, 0.15) is 18.7 Å². The fraction of sp³-hybridized carbons (Fsp3) is 0.111. The van der Waals surface area contributed by atoms with Gasteiger partial charge in [0.2, 0.25) is 0 Å². The van der Waals surface area contributed by atoms with Crippen LogP contribution < -0.4 is 29.6 Å². The molecule has 16 heavy (non-hydrogen) atoms. The summed E-state index contributed by atoms with van der Waals surface area (Å²) in [6.45, 7) is 1.12. The van der Waals surface area contributed by atoms with Crippen molar-refractivity contribution in [3.05, 3.63) is 29.8 Å². The number of aromatic hydroxyl groups is 1. The van der Waals surface area contributed by atoms with Gasteiger partial charge in [0.15, 0.2) is 0 Å². The monoisotopic (exact) mass is 240 g/mol. The van der Waals surface area contributed by atoms with Crippen LogP contribution in [0.2, 0.25) is 0 Å². The van der Waals surface area contributed by atoms with Gasteiger partial charge in [-0.3, -0.25) is 4.79 Å². The van der Waals surface area contributed by atoms with Crippen LogP contribution in [0.4, 0.5) is 0 Å².